The number of aromatic hydroxyl groups is 1. The third-order valence-electron chi connectivity index (χ3n) is 2.54. The van der Waals surface area contributed by atoms with Crippen molar-refractivity contribution in [1.29, 1.82) is 0 Å². The maximum absolute atomic E-state index is 11.3. The summed E-state index contributed by atoms with van der Waals surface area (Å²) in [7, 11) is 0. The Hall–Kier alpha value is -2.57. The van der Waals surface area contributed by atoms with Gasteiger partial charge in [0.25, 0.3) is 0 Å². The van der Waals surface area contributed by atoms with Crippen LogP contribution in [0.2, 0.25) is 0 Å². The van der Waals surface area contributed by atoms with Crippen LogP contribution in [0.15, 0.2) is 24.5 Å². The second-order valence-electron chi connectivity index (χ2n) is 4.03. The molecular formula is C12H13N3O4. The minimum absolute atomic E-state index is 0.0611. The monoisotopic (exact) mass is 263 g/mol. The molecule has 1 amide bonds. The first kappa shape index (κ1) is 12.9. The van der Waals surface area contributed by atoms with Crippen molar-refractivity contribution in [3.63, 3.8) is 0 Å². The lowest BCUT2D eigenvalue weighted by molar-refractivity contribution is -0.138. The van der Waals surface area contributed by atoms with E-state index in [4.69, 9.17) is 5.11 Å². The SMILES string of the molecule is O=C(O)CCC(=O)NCc1cn2cccc(O)c2n1. The summed E-state index contributed by atoms with van der Waals surface area (Å²) in [6, 6.07) is 3.21. The zero-order valence-corrected chi connectivity index (χ0v) is 10.0. The highest BCUT2D eigenvalue weighted by Gasteiger charge is 2.08. The third-order valence-corrected chi connectivity index (χ3v) is 2.54. The van der Waals surface area contributed by atoms with Crippen molar-refractivity contribution >= 4 is 17.5 Å². The van der Waals surface area contributed by atoms with Gasteiger partial charge in [-0.2, -0.15) is 0 Å². The molecule has 100 valence electrons. The number of aliphatic carboxylic acids is 1. The van der Waals surface area contributed by atoms with Gasteiger partial charge in [0.15, 0.2) is 11.4 Å². The van der Waals surface area contributed by atoms with E-state index in [9.17, 15) is 14.7 Å². The van der Waals surface area contributed by atoms with E-state index in [1.165, 1.54) is 6.07 Å². The van der Waals surface area contributed by atoms with Gasteiger partial charge in [-0.15, -0.1) is 0 Å². The fourth-order valence-corrected chi connectivity index (χ4v) is 1.63. The van der Waals surface area contributed by atoms with E-state index in [1.54, 1.807) is 22.9 Å². The molecule has 2 aromatic heterocycles. The van der Waals surface area contributed by atoms with E-state index < -0.39 is 5.97 Å². The summed E-state index contributed by atoms with van der Waals surface area (Å²) in [5.41, 5.74) is 1.00. The van der Waals surface area contributed by atoms with Crippen LogP contribution in [0.4, 0.5) is 0 Å². The Bertz CT molecular complexity index is 620. The number of carboxylic acid groups (broad SMARTS) is 1. The molecule has 19 heavy (non-hydrogen) atoms. The number of nitrogens with zero attached hydrogens (tertiary/aromatic N) is 2. The molecule has 0 aromatic carbocycles. The molecule has 2 heterocycles. The van der Waals surface area contributed by atoms with Crippen LogP contribution in [0.25, 0.3) is 5.65 Å². The molecule has 0 aliphatic rings. The molecule has 2 aromatic rings. The number of nitrogens with one attached hydrogen (secondary N) is 1. The van der Waals surface area contributed by atoms with Gasteiger partial charge in [0.05, 0.1) is 18.7 Å². The predicted octanol–water partition coefficient (Wildman–Crippen LogP) is 0.521. The van der Waals surface area contributed by atoms with Crippen LogP contribution >= 0.6 is 0 Å². The lowest BCUT2D eigenvalue weighted by atomic mass is 10.3. The molecule has 7 nitrogen and oxygen atoms in total. The molecule has 7 heteroatoms. The molecule has 0 saturated carbocycles. The van der Waals surface area contributed by atoms with Crippen molar-refractivity contribution in [3.05, 3.63) is 30.2 Å². The summed E-state index contributed by atoms with van der Waals surface area (Å²) >= 11 is 0. The van der Waals surface area contributed by atoms with E-state index >= 15 is 0 Å². The summed E-state index contributed by atoms with van der Waals surface area (Å²) in [5.74, 6) is -1.29. The second-order valence-corrected chi connectivity index (χ2v) is 4.03. The van der Waals surface area contributed by atoms with Gasteiger partial charge in [-0.3, -0.25) is 9.59 Å². The second kappa shape index (κ2) is 5.38. The van der Waals surface area contributed by atoms with E-state index in [2.05, 4.69) is 10.3 Å². The van der Waals surface area contributed by atoms with Gasteiger partial charge in [-0.1, -0.05) is 0 Å². The van der Waals surface area contributed by atoms with E-state index in [0.717, 1.165) is 0 Å². The number of imidazole rings is 1. The third kappa shape index (κ3) is 3.21. The number of aromatic nitrogens is 2. The van der Waals surface area contributed by atoms with E-state index in [0.29, 0.717) is 11.3 Å². The number of fused-ring (bicyclic) bond motifs is 1. The molecule has 0 saturated heterocycles. The maximum atomic E-state index is 11.3. The molecule has 0 spiro atoms. The van der Waals surface area contributed by atoms with Gasteiger partial charge >= 0.3 is 5.97 Å². The first-order valence-corrected chi connectivity index (χ1v) is 5.70. The van der Waals surface area contributed by atoms with Crippen molar-refractivity contribution in [3.8, 4) is 5.75 Å². The summed E-state index contributed by atoms with van der Waals surface area (Å²) in [5, 5.41) is 20.6. The quantitative estimate of drug-likeness (QED) is 0.729. The molecule has 0 fully saturated rings. The van der Waals surface area contributed by atoms with Crippen LogP contribution in [0.1, 0.15) is 18.5 Å². The normalized spacial score (nSPS) is 10.5. The Balaban J connectivity index is 1.96. The standard InChI is InChI=1S/C12H13N3O4/c16-9-2-1-5-15-7-8(14-12(9)15)6-13-10(17)3-4-11(18)19/h1-2,5,7,16H,3-4,6H2,(H,13,17)(H,18,19). The number of rotatable bonds is 5. The van der Waals surface area contributed by atoms with Crippen LogP contribution < -0.4 is 5.32 Å². The highest BCUT2D eigenvalue weighted by atomic mass is 16.4. The van der Waals surface area contributed by atoms with E-state index in [-0.39, 0.29) is 31.0 Å². The number of pyridine rings is 1. The van der Waals surface area contributed by atoms with Crippen LogP contribution in [-0.4, -0.2) is 31.5 Å². The van der Waals surface area contributed by atoms with Gasteiger partial charge in [-0.05, 0) is 12.1 Å². The Labute approximate surface area is 108 Å². The number of hydrogen-bond donors (Lipinski definition) is 3. The maximum Gasteiger partial charge on any atom is 0.303 e. The zero-order valence-electron chi connectivity index (χ0n) is 10.0. The number of carbonyl (C=O) groups excluding carboxylic acids is 1. The fourth-order valence-electron chi connectivity index (χ4n) is 1.63. The van der Waals surface area contributed by atoms with Crippen molar-refractivity contribution in [2.24, 2.45) is 0 Å². The smallest absolute Gasteiger partial charge is 0.303 e. The van der Waals surface area contributed by atoms with Gasteiger partial charge in [0.2, 0.25) is 5.91 Å². The first-order chi connectivity index (χ1) is 9.06. The van der Waals surface area contributed by atoms with Crippen LogP contribution in [0, 0.1) is 0 Å². The van der Waals surface area contributed by atoms with Crippen molar-refractivity contribution < 1.29 is 19.8 Å². The number of carboxylic acids is 1. The molecule has 0 bridgehead atoms. The van der Waals surface area contributed by atoms with Gasteiger partial charge in [-0.25, -0.2) is 4.98 Å². The lowest BCUT2D eigenvalue weighted by Crippen LogP contribution is -2.23. The van der Waals surface area contributed by atoms with Crippen molar-refractivity contribution in [2.75, 3.05) is 0 Å². The Morgan fingerprint density at radius 2 is 2.16 bits per heavy atom. The highest BCUT2D eigenvalue weighted by molar-refractivity contribution is 5.80. The molecule has 0 radical (unpaired) electrons. The number of carbonyl (C=O) groups is 2. The van der Waals surface area contributed by atoms with Gasteiger partial charge in [0.1, 0.15) is 0 Å². The lowest BCUT2D eigenvalue weighted by Gasteiger charge is -2.00. The molecule has 3 N–H and O–H groups in total. The zero-order chi connectivity index (χ0) is 13.8. The Kier molecular flexibility index (Phi) is 3.65. The van der Waals surface area contributed by atoms with Crippen molar-refractivity contribution in [1.82, 2.24) is 14.7 Å². The molecule has 0 unspecified atom stereocenters. The highest BCUT2D eigenvalue weighted by Crippen LogP contribution is 2.16. The average molecular weight is 263 g/mol. The summed E-state index contributed by atoms with van der Waals surface area (Å²) in [6.07, 6.45) is 3.16. The minimum Gasteiger partial charge on any atom is -0.504 e. The molecule has 0 aliphatic carbocycles. The topological polar surface area (TPSA) is 104 Å². The molecule has 0 aliphatic heterocycles. The fraction of sp³-hybridized carbons (Fsp3) is 0.250. The minimum atomic E-state index is -1.01. The molecular weight excluding hydrogens is 250 g/mol. The Morgan fingerprint density at radius 1 is 1.37 bits per heavy atom. The Morgan fingerprint density at radius 3 is 2.84 bits per heavy atom. The van der Waals surface area contributed by atoms with E-state index in [1.807, 2.05) is 0 Å². The molecule has 2 rings (SSSR count). The molecule has 0 atom stereocenters. The van der Waals surface area contributed by atoms with Gasteiger partial charge < -0.3 is 19.9 Å². The number of hydrogen-bond acceptors (Lipinski definition) is 4. The van der Waals surface area contributed by atoms with Crippen LogP contribution in [-0.2, 0) is 16.1 Å². The van der Waals surface area contributed by atoms with Crippen LogP contribution in [0.3, 0.4) is 0 Å². The average Bonchev–Trinajstić information content (AvgIpc) is 2.78. The summed E-state index contributed by atoms with van der Waals surface area (Å²) in [4.78, 5) is 25.8. The largest absolute Gasteiger partial charge is 0.504 e. The summed E-state index contributed by atoms with van der Waals surface area (Å²) < 4.78 is 1.65. The van der Waals surface area contributed by atoms with Gasteiger partial charge in [0, 0.05) is 18.8 Å². The number of amides is 1. The first-order valence-electron chi connectivity index (χ1n) is 5.70. The summed E-state index contributed by atoms with van der Waals surface area (Å²) in [6.45, 7) is 0.194. The van der Waals surface area contributed by atoms with Crippen molar-refractivity contribution in [2.45, 2.75) is 19.4 Å². The van der Waals surface area contributed by atoms with Crippen LogP contribution in [0.5, 0.6) is 5.75 Å². The predicted molar refractivity (Wildman–Crippen MR) is 65.6 cm³/mol.